The number of nitrogens with zero attached hydrogens (tertiary/aromatic N) is 3. The second-order valence-electron chi connectivity index (χ2n) is 8.68. The third-order valence-corrected chi connectivity index (χ3v) is 6.39. The zero-order chi connectivity index (χ0) is 29.0. The largest absolute Gasteiger partial charge is 0.449 e. The summed E-state index contributed by atoms with van der Waals surface area (Å²) in [5, 5.41) is 0.671. The number of ether oxygens (including phenoxy) is 2. The highest BCUT2D eigenvalue weighted by Crippen LogP contribution is 2.43. The lowest BCUT2D eigenvalue weighted by Crippen LogP contribution is -2.47. The summed E-state index contributed by atoms with van der Waals surface area (Å²) in [6.45, 7) is 2.14. The van der Waals surface area contributed by atoms with E-state index in [1.54, 1.807) is 6.92 Å². The lowest BCUT2D eigenvalue weighted by molar-refractivity contribution is -0.147. The maximum atomic E-state index is 14.0. The first-order valence-electron chi connectivity index (χ1n) is 11.1. The minimum atomic E-state index is -5.33. The van der Waals surface area contributed by atoms with E-state index in [4.69, 9.17) is 32.7 Å². The van der Waals surface area contributed by atoms with Crippen LogP contribution < -0.4 is 15.8 Å². The van der Waals surface area contributed by atoms with Gasteiger partial charge in [0, 0.05) is 13.0 Å². The summed E-state index contributed by atoms with van der Waals surface area (Å²) in [5.74, 6) is -3.48. The van der Waals surface area contributed by atoms with Crippen molar-refractivity contribution in [3.63, 3.8) is 0 Å². The van der Waals surface area contributed by atoms with Crippen molar-refractivity contribution >= 4 is 40.6 Å². The number of benzene rings is 1. The fourth-order valence-electron chi connectivity index (χ4n) is 4.10. The van der Waals surface area contributed by atoms with Gasteiger partial charge in [0.2, 0.25) is 5.84 Å². The molecular formula is C21H18Cl2F9N5O2. The van der Waals surface area contributed by atoms with Gasteiger partial charge in [0.1, 0.15) is 11.9 Å². The second-order valence-corrected chi connectivity index (χ2v) is 9.49. The Morgan fingerprint density at radius 1 is 1.00 bits per heavy atom. The maximum Gasteiger partial charge on any atom is 0.449 e. The molecule has 0 amide bonds. The number of hydrogen-bond acceptors (Lipinski definition) is 6. The molecule has 0 aliphatic carbocycles. The highest BCUT2D eigenvalue weighted by atomic mass is 35.5. The molecule has 3 aliphatic heterocycles. The quantitative estimate of drug-likeness (QED) is 0.316. The van der Waals surface area contributed by atoms with Crippen LogP contribution in [0.15, 0.2) is 33.4 Å². The molecule has 4 rings (SSSR count). The molecular weight excluding hydrogens is 596 g/mol. The Morgan fingerprint density at radius 3 is 2.10 bits per heavy atom. The lowest BCUT2D eigenvalue weighted by atomic mass is 10.1. The first-order valence-corrected chi connectivity index (χ1v) is 11.8. The van der Waals surface area contributed by atoms with Crippen LogP contribution in [0, 0.1) is 0 Å². The number of rotatable bonds is 5. The fraction of sp³-hybridized carbons (Fsp3) is 0.524. The Balaban J connectivity index is 1.80. The molecule has 3 aliphatic rings. The average Bonchev–Trinajstić information content (AvgIpc) is 3.37. The van der Waals surface area contributed by atoms with Crippen LogP contribution in [-0.2, 0) is 15.7 Å². The minimum Gasteiger partial charge on any atom is -0.348 e. The van der Waals surface area contributed by atoms with Crippen LogP contribution in [0.4, 0.5) is 45.2 Å². The van der Waals surface area contributed by atoms with Crippen molar-refractivity contribution in [1.82, 2.24) is 10.7 Å². The van der Waals surface area contributed by atoms with Gasteiger partial charge in [-0.3, -0.25) is 10.0 Å². The molecule has 1 aromatic carbocycles. The van der Waals surface area contributed by atoms with E-state index in [2.05, 4.69) is 15.4 Å². The van der Waals surface area contributed by atoms with Crippen molar-refractivity contribution in [2.24, 2.45) is 9.98 Å². The molecule has 39 heavy (non-hydrogen) atoms. The van der Waals surface area contributed by atoms with Gasteiger partial charge in [0.15, 0.2) is 11.6 Å². The SMILES string of the molecule is CC1(CCCN=C2C3=C(C(F)(F)F)NC(C(F)(F)F)=NC3NN2c2c(Cl)cc(C(F)(F)F)cc2Cl)OCCO1. The van der Waals surface area contributed by atoms with E-state index < -0.39 is 74.7 Å². The first kappa shape index (κ1) is 29.7. The number of alkyl halides is 9. The maximum absolute atomic E-state index is 14.0. The molecule has 1 unspecified atom stereocenters. The molecule has 0 bridgehead atoms. The summed E-state index contributed by atoms with van der Waals surface area (Å²) in [6, 6.07) is 0.947. The van der Waals surface area contributed by atoms with Crippen LogP contribution in [0.1, 0.15) is 25.3 Å². The van der Waals surface area contributed by atoms with Gasteiger partial charge < -0.3 is 14.8 Å². The summed E-state index contributed by atoms with van der Waals surface area (Å²) in [7, 11) is 0. The monoisotopic (exact) mass is 613 g/mol. The Bertz CT molecular complexity index is 1200. The van der Waals surface area contributed by atoms with Crippen molar-refractivity contribution in [1.29, 1.82) is 0 Å². The number of fused-ring (bicyclic) bond motifs is 1. The number of hydrogen-bond donors (Lipinski definition) is 2. The zero-order valence-electron chi connectivity index (χ0n) is 19.6. The van der Waals surface area contributed by atoms with Crippen LogP contribution in [0.3, 0.4) is 0 Å². The smallest absolute Gasteiger partial charge is 0.348 e. The van der Waals surface area contributed by atoms with Crippen LogP contribution in [0.2, 0.25) is 10.0 Å². The molecule has 0 aromatic heterocycles. The number of halogens is 11. The normalized spacial score (nSPS) is 22.9. The van der Waals surface area contributed by atoms with E-state index in [-0.39, 0.29) is 19.4 Å². The summed E-state index contributed by atoms with van der Waals surface area (Å²) in [4.78, 5) is 7.45. The third-order valence-electron chi connectivity index (χ3n) is 5.82. The van der Waals surface area contributed by atoms with E-state index in [1.807, 2.05) is 0 Å². The topological polar surface area (TPSA) is 70.5 Å². The molecule has 216 valence electrons. The molecule has 0 saturated carbocycles. The van der Waals surface area contributed by atoms with Gasteiger partial charge in [-0.2, -0.15) is 44.9 Å². The summed E-state index contributed by atoms with van der Waals surface area (Å²) >= 11 is 12.1. The van der Waals surface area contributed by atoms with E-state index >= 15 is 0 Å². The molecule has 2 N–H and O–H groups in total. The van der Waals surface area contributed by atoms with E-state index in [1.165, 1.54) is 5.32 Å². The van der Waals surface area contributed by atoms with E-state index in [9.17, 15) is 39.5 Å². The standard InChI is InChI=1S/C21H18Cl2F9N5O2/c1-18(38-5-6-39-18)3-2-4-33-16-12-14(20(27,28)29)34-17(21(30,31)32)35-15(12)36-37(16)13-10(22)7-9(8-11(13)23)19(24,25)26/h7-8,15,36H,2-6H2,1H3,(H,34,35). The van der Waals surface area contributed by atoms with Gasteiger partial charge in [-0.25, -0.2) is 4.99 Å². The summed E-state index contributed by atoms with van der Waals surface area (Å²) < 4.78 is 133. The Labute approximate surface area is 224 Å². The van der Waals surface area contributed by atoms with Crippen molar-refractivity contribution in [3.8, 4) is 0 Å². The second kappa shape index (κ2) is 10.3. The molecule has 2 fully saturated rings. The van der Waals surface area contributed by atoms with Crippen LogP contribution in [0.25, 0.3) is 0 Å². The minimum absolute atomic E-state index is 0.178. The molecule has 1 aromatic rings. The van der Waals surface area contributed by atoms with Crippen LogP contribution in [-0.4, -0.2) is 55.7 Å². The molecule has 2 saturated heterocycles. The first-order chi connectivity index (χ1) is 17.9. The fourth-order valence-corrected chi connectivity index (χ4v) is 4.76. The Kier molecular flexibility index (Phi) is 7.83. The predicted octanol–water partition coefficient (Wildman–Crippen LogP) is 5.99. The number of amidine groups is 2. The van der Waals surface area contributed by atoms with Gasteiger partial charge in [-0.1, -0.05) is 23.2 Å². The number of allylic oxidation sites excluding steroid dienone is 1. The molecule has 0 radical (unpaired) electrons. The summed E-state index contributed by atoms with van der Waals surface area (Å²) in [5.41, 5.74) is -2.05. The number of anilines is 1. The van der Waals surface area contributed by atoms with E-state index in [0.717, 1.165) is 0 Å². The number of hydrazine groups is 1. The van der Waals surface area contributed by atoms with Gasteiger partial charge in [-0.05, 0) is 25.5 Å². The Morgan fingerprint density at radius 2 is 1.59 bits per heavy atom. The predicted molar refractivity (Wildman–Crippen MR) is 122 cm³/mol. The highest BCUT2D eigenvalue weighted by Gasteiger charge is 2.52. The van der Waals surface area contributed by atoms with Crippen molar-refractivity contribution < 1.29 is 49.0 Å². The molecule has 0 spiro atoms. The summed E-state index contributed by atoms with van der Waals surface area (Å²) in [6.07, 6.45) is -17.0. The van der Waals surface area contributed by atoms with Gasteiger partial charge in [0.05, 0.1) is 40.1 Å². The lowest BCUT2D eigenvalue weighted by Gasteiger charge is -2.25. The van der Waals surface area contributed by atoms with Crippen LogP contribution in [0.5, 0.6) is 0 Å². The van der Waals surface area contributed by atoms with Gasteiger partial charge >= 0.3 is 18.5 Å². The van der Waals surface area contributed by atoms with Crippen LogP contribution >= 0.6 is 23.2 Å². The average molecular weight is 614 g/mol. The molecule has 7 nitrogen and oxygen atoms in total. The number of aliphatic imine (C=N–C) groups is 2. The number of nitrogens with one attached hydrogen (secondary N) is 2. The Hall–Kier alpha value is -2.27. The van der Waals surface area contributed by atoms with Crippen molar-refractivity contribution in [2.45, 2.75) is 50.2 Å². The van der Waals surface area contributed by atoms with Crippen molar-refractivity contribution in [2.75, 3.05) is 24.8 Å². The molecule has 18 heteroatoms. The highest BCUT2D eigenvalue weighted by molar-refractivity contribution is 6.40. The van der Waals surface area contributed by atoms with E-state index in [0.29, 0.717) is 30.4 Å². The zero-order valence-corrected chi connectivity index (χ0v) is 21.1. The molecule has 3 heterocycles. The van der Waals surface area contributed by atoms with Gasteiger partial charge in [-0.15, -0.1) is 0 Å². The molecule has 1 atom stereocenters. The third kappa shape index (κ3) is 6.24. The van der Waals surface area contributed by atoms with Gasteiger partial charge in [0.25, 0.3) is 0 Å². The van der Waals surface area contributed by atoms with Crippen molar-refractivity contribution in [3.05, 3.63) is 39.0 Å².